The number of rotatable bonds is 52. The Morgan fingerprint density at radius 1 is 0.500 bits per heavy atom. The third-order valence-corrected chi connectivity index (χ3v) is 14.3. The Hall–Kier alpha value is -3.16. The summed E-state index contributed by atoms with van der Waals surface area (Å²) >= 11 is 1.30. The number of primary amides is 1. The molecule has 0 aliphatic heterocycles. The monoisotopic (exact) mass is 1010 g/mol. The molecule has 0 aromatic heterocycles. The SMILES string of the molecule is CCCCCCCCCCCCCCCC(=O)NC(CSCC(COC(=O)CCCCCCCCCCC)OC(=O)CCCCCCCCCCC)C(=O)CC(CC)C(=O)NC(CCC(=O)O)C(N)=O. The van der Waals surface area contributed by atoms with Gasteiger partial charge in [0, 0.05) is 49.5 Å². The van der Waals surface area contributed by atoms with E-state index in [0.717, 1.165) is 64.2 Å². The molecule has 70 heavy (non-hydrogen) atoms. The second-order valence-corrected chi connectivity index (χ2v) is 20.8. The molecule has 4 unspecified atom stereocenters. The average Bonchev–Trinajstić information content (AvgIpc) is 3.33. The van der Waals surface area contributed by atoms with Crippen molar-refractivity contribution in [3.8, 4) is 0 Å². The van der Waals surface area contributed by atoms with Crippen LogP contribution in [0.2, 0.25) is 0 Å². The molecule has 13 nitrogen and oxygen atoms in total. The van der Waals surface area contributed by atoms with Crippen LogP contribution in [0.3, 0.4) is 0 Å². The van der Waals surface area contributed by atoms with E-state index in [1.807, 2.05) is 0 Å². The molecule has 14 heteroatoms. The highest BCUT2D eigenvalue weighted by molar-refractivity contribution is 7.99. The number of hydrogen-bond donors (Lipinski definition) is 4. The van der Waals surface area contributed by atoms with Gasteiger partial charge in [-0.2, -0.15) is 11.8 Å². The number of carboxylic acid groups (broad SMARTS) is 1. The van der Waals surface area contributed by atoms with Gasteiger partial charge in [-0.3, -0.25) is 33.6 Å². The van der Waals surface area contributed by atoms with Crippen LogP contribution in [0.4, 0.5) is 0 Å². The quantitative estimate of drug-likeness (QED) is 0.0333. The zero-order chi connectivity index (χ0) is 51.9. The molecule has 0 rings (SSSR count). The number of aliphatic carboxylic acids is 1. The van der Waals surface area contributed by atoms with E-state index in [1.165, 1.54) is 134 Å². The number of unbranched alkanes of at least 4 members (excludes halogenated alkanes) is 28. The van der Waals surface area contributed by atoms with Crippen LogP contribution in [0.1, 0.15) is 272 Å². The lowest BCUT2D eigenvalue weighted by atomic mass is 9.95. The van der Waals surface area contributed by atoms with Crippen molar-refractivity contribution in [1.82, 2.24) is 10.6 Å². The number of nitrogens with one attached hydrogen (secondary N) is 2. The number of amides is 3. The van der Waals surface area contributed by atoms with Crippen molar-refractivity contribution < 1.29 is 48.1 Å². The molecular formula is C56H103N3O10S. The second-order valence-electron chi connectivity index (χ2n) is 19.8. The van der Waals surface area contributed by atoms with E-state index in [9.17, 15) is 33.6 Å². The van der Waals surface area contributed by atoms with Gasteiger partial charge in [-0.25, -0.2) is 0 Å². The first kappa shape index (κ1) is 66.8. The number of carbonyl (C=O) groups excluding carboxylic acids is 6. The Morgan fingerprint density at radius 3 is 1.33 bits per heavy atom. The Labute approximate surface area is 430 Å². The summed E-state index contributed by atoms with van der Waals surface area (Å²) in [6.07, 6.45) is 35.0. The van der Waals surface area contributed by atoms with Gasteiger partial charge < -0.3 is 30.9 Å². The first-order chi connectivity index (χ1) is 33.9. The first-order valence-corrected chi connectivity index (χ1v) is 29.6. The third kappa shape index (κ3) is 41.5. The van der Waals surface area contributed by atoms with Crippen LogP contribution in [0.25, 0.3) is 0 Å². The minimum absolute atomic E-state index is 0.113. The molecule has 0 fully saturated rings. The highest BCUT2D eigenvalue weighted by atomic mass is 32.2. The highest BCUT2D eigenvalue weighted by Gasteiger charge is 2.30. The fourth-order valence-corrected chi connectivity index (χ4v) is 9.60. The van der Waals surface area contributed by atoms with Gasteiger partial charge in [0.05, 0.1) is 6.04 Å². The van der Waals surface area contributed by atoms with Crippen LogP contribution in [-0.4, -0.2) is 82.8 Å². The smallest absolute Gasteiger partial charge is 0.306 e. The molecule has 408 valence electrons. The van der Waals surface area contributed by atoms with Crippen molar-refractivity contribution in [2.45, 2.75) is 290 Å². The molecule has 0 saturated carbocycles. The van der Waals surface area contributed by atoms with Crippen molar-refractivity contribution in [2.24, 2.45) is 11.7 Å². The Balaban J connectivity index is 5.66. The number of carboxylic acids is 1. The van der Waals surface area contributed by atoms with Crippen molar-refractivity contribution in [3.63, 3.8) is 0 Å². The van der Waals surface area contributed by atoms with E-state index < -0.39 is 41.9 Å². The van der Waals surface area contributed by atoms with Gasteiger partial charge in [-0.15, -0.1) is 0 Å². The summed E-state index contributed by atoms with van der Waals surface area (Å²) in [6.45, 7) is 8.27. The number of esters is 2. The van der Waals surface area contributed by atoms with E-state index in [-0.39, 0.29) is 86.7 Å². The van der Waals surface area contributed by atoms with Crippen LogP contribution < -0.4 is 16.4 Å². The molecular weight excluding hydrogens is 907 g/mol. The number of nitrogens with two attached hydrogens (primary N) is 1. The summed E-state index contributed by atoms with van der Waals surface area (Å²) in [4.78, 5) is 89.8. The largest absolute Gasteiger partial charge is 0.481 e. The van der Waals surface area contributed by atoms with Crippen molar-refractivity contribution in [3.05, 3.63) is 0 Å². The number of hydrogen-bond acceptors (Lipinski definition) is 10. The summed E-state index contributed by atoms with van der Waals surface area (Å²) in [7, 11) is 0. The lowest BCUT2D eigenvalue weighted by Crippen LogP contribution is -2.48. The van der Waals surface area contributed by atoms with Crippen LogP contribution in [-0.2, 0) is 43.0 Å². The molecule has 0 aliphatic carbocycles. The van der Waals surface area contributed by atoms with Gasteiger partial charge in [-0.05, 0) is 32.1 Å². The van der Waals surface area contributed by atoms with E-state index in [4.69, 9.17) is 20.3 Å². The maximum Gasteiger partial charge on any atom is 0.306 e. The molecule has 0 aromatic rings. The third-order valence-electron chi connectivity index (χ3n) is 13.1. The number of carbonyl (C=O) groups is 7. The minimum atomic E-state index is -1.21. The summed E-state index contributed by atoms with van der Waals surface area (Å²) in [6, 6.07) is -2.17. The predicted octanol–water partition coefficient (Wildman–Crippen LogP) is 12.8. The molecule has 0 heterocycles. The summed E-state index contributed by atoms with van der Waals surface area (Å²) in [5.41, 5.74) is 5.46. The molecule has 4 atom stereocenters. The lowest BCUT2D eigenvalue weighted by molar-refractivity contribution is -0.157. The molecule has 5 N–H and O–H groups in total. The summed E-state index contributed by atoms with van der Waals surface area (Å²) < 4.78 is 11.5. The van der Waals surface area contributed by atoms with Crippen LogP contribution >= 0.6 is 11.8 Å². The van der Waals surface area contributed by atoms with Crippen molar-refractivity contribution in [1.29, 1.82) is 0 Å². The van der Waals surface area contributed by atoms with Crippen molar-refractivity contribution >= 4 is 53.2 Å². The summed E-state index contributed by atoms with van der Waals surface area (Å²) in [5.74, 6) is -4.47. The van der Waals surface area contributed by atoms with Crippen LogP contribution in [0, 0.1) is 5.92 Å². The molecule has 0 radical (unpaired) electrons. The predicted molar refractivity (Wildman–Crippen MR) is 285 cm³/mol. The van der Waals surface area contributed by atoms with Gasteiger partial charge in [0.2, 0.25) is 17.7 Å². The number of Topliss-reactive ketones (excluding diaryl/α,β-unsaturated/α-hetero) is 1. The number of thioether (sulfide) groups is 1. The topological polar surface area (TPSA) is 208 Å². The van der Waals surface area contributed by atoms with Gasteiger partial charge in [0.15, 0.2) is 5.78 Å². The standard InChI is InChI=1S/C56H103N3O10S/c1-5-9-12-15-18-21-22-23-24-27-28-31-34-37-51(61)58-49(50(60)42-46(8-4)56(67)59-48(55(57)66)40-41-52(62)63)45-70-44-47(69-54(65)39-36-33-30-26-20-17-14-11-7-3)43-68-53(64)38-35-32-29-25-19-16-13-10-6-2/h46-49H,5-45H2,1-4H3,(H2,57,66)(H,58,61)(H,59,67)(H,62,63). The molecule has 3 amide bonds. The molecule has 0 aliphatic rings. The lowest BCUT2D eigenvalue weighted by Gasteiger charge is -2.23. The fourth-order valence-electron chi connectivity index (χ4n) is 8.53. The maximum absolute atomic E-state index is 14.0. The van der Waals surface area contributed by atoms with Crippen molar-refractivity contribution in [2.75, 3.05) is 18.1 Å². The minimum Gasteiger partial charge on any atom is -0.481 e. The van der Waals surface area contributed by atoms with E-state index in [2.05, 4.69) is 31.4 Å². The fraction of sp³-hybridized carbons (Fsp3) is 0.875. The van der Waals surface area contributed by atoms with E-state index >= 15 is 0 Å². The Bertz CT molecular complexity index is 1370. The molecule has 0 aromatic carbocycles. The van der Waals surface area contributed by atoms with Gasteiger partial charge in [0.1, 0.15) is 18.8 Å². The van der Waals surface area contributed by atoms with Crippen LogP contribution in [0.15, 0.2) is 0 Å². The van der Waals surface area contributed by atoms with E-state index in [1.54, 1.807) is 6.92 Å². The molecule has 0 saturated heterocycles. The van der Waals surface area contributed by atoms with E-state index in [0.29, 0.717) is 12.8 Å². The zero-order valence-electron chi connectivity index (χ0n) is 44.9. The summed E-state index contributed by atoms with van der Waals surface area (Å²) in [5, 5.41) is 14.6. The van der Waals surface area contributed by atoms with Gasteiger partial charge in [-0.1, -0.05) is 207 Å². The van der Waals surface area contributed by atoms with Crippen LogP contribution in [0.5, 0.6) is 0 Å². The highest BCUT2D eigenvalue weighted by Crippen LogP contribution is 2.19. The normalized spacial score (nSPS) is 13.0. The number of ketones is 1. The van der Waals surface area contributed by atoms with Gasteiger partial charge in [0.25, 0.3) is 0 Å². The first-order valence-electron chi connectivity index (χ1n) is 28.4. The molecule has 0 bridgehead atoms. The Kier molecular flexibility index (Phi) is 46.0. The average molecular weight is 1010 g/mol. The molecule has 0 spiro atoms. The second kappa shape index (κ2) is 48.1. The number of ether oxygens (including phenoxy) is 2. The maximum atomic E-state index is 14.0. The van der Waals surface area contributed by atoms with Gasteiger partial charge >= 0.3 is 17.9 Å². The Morgan fingerprint density at radius 2 is 0.914 bits per heavy atom. The zero-order valence-corrected chi connectivity index (χ0v) is 45.7.